The SMILES string of the molecule is c1cc2c(c(-c3ccc4c(c3)CCO4)c1)CCCN2. The van der Waals surface area contributed by atoms with Crippen LogP contribution in [0.2, 0.25) is 0 Å². The van der Waals surface area contributed by atoms with Gasteiger partial charge in [-0.2, -0.15) is 0 Å². The molecule has 0 radical (unpaired) electrons. The van der Waals surface area contributed by atoms with Crippen LogP contribution in [0.1, 0.15) is 17.5 Å². The number of benzene rings is 2. The van der Waals surface area contributed by atoms with Crippen molar-refractivity contribution < 1.29 is 4.74 Å². The monoisotopic (exact) mass is 251 g/mol. The second-order valence-corrected chi connectivity index (χ2v) is 5.28. The van der Waals surface area contributed by atoms with Gasteiger partial charge in [-0.3, -0.25) is 0 Å². The molecule has 0 atom stereocenters. The molecule has 0 aliphatic carbocycles. The first kappa shape index (κ1) is 10.9. The van der Waals surface area contributed by atoms with E-state index in [0.29, 0.717) is 0 Å². The third-order valence-corrected chi connectivity index (χ3v) is 4.10. The number of hydrogen-bond acceptors (Lipinski definition) is 2. The van der Waals surface area contributed by atoms with Gasteiger partial charge in [-0.25, -0.2) is 0 Å². The van der Waals surface area contributed by atoms with Crippen molar-refractivity contribution in [1.29, 1.82) is 0 Å². The van der Waals surface area contributed by atoms with Gasteiger partial charge in [-0.05, 0) is 53.3 Å². The Kier molecular flexibility index (Phi) is 2.47. The normalized spacial score (nSPS) is 16.2. The van der Waals surface area contributed by atoms with Gasteiger partial charge in [0.2, 0.25) is 0 Å². The number of fused-ring (bicyclic) bond motifs is 2. The highest BCUT2D eigenvalue weighted by atomic mass is 16.5. The van der Waals surface area contributed by atoms with E-state index in [9.17, 15) is 0 Å². The molecule has 0 unspecified atom stereocenters. The Bertz CT molecular complexity index is 633. The zero-order valence-corrected chi connectivity index (χ0v) is 10.9. The van der Waals surface area contributed by atoms with Crippen LogP contribution in [0.15, 0.2) is 36.4 Å². The topological polar surface area (TPSA) is 21.3 Å². The first-order valence-electron chi connectivity index (χ1n) is 7.04. The first-order chi connectivity index (χ1) is 9.42. The molecule has 1 N–H and O–H groups in total. The maximum Gasteiger partial charge on any atom is 0.122 e. The Morgan fingerprint density at radius 2 is 2.05 bits per heavy atom. The first-order valence-corrected chi connectivity index (χ1v) is 7.04. The fourth-order valence-electron chi connectivity index (χ4n) is 3.13. The molecule has 0 spiro atoms. The van der Waals surface area contributed by atoms with E-state index in [1.165, 1.54) is 40.8 Å². The van der Waals surface area contributed by atoms with Gasteiger partial charge in [-0.1, -0.05) is 18.2 Å². The van der Waals surface area contributed by atoms with Gasteiger partial charge in [0.1, 0.15) is 5.75 Å². The molecule has 2 heteroatoms. The van der Waals surface area contributed by atoms with Crippen molar-refractivity contribution in [3.63, 3.8) is 0 Å². The minimum atomic E-state index is 0.827. The van der Waals surface area contributed by atoms with Crippen molar-refractivity contribution in [2.75, 3.05) is 18.5 Å². The van der Waals surface area contributed by atoms with Gasteiger partial charge in [0.05, 0.1) is 6.61 Å². The van der Waals surface area contributed by atoms with Crippen LogP contribution in [0.3, 0.4) is 0 Å². The van der Waals surface area contributed by atoms with Gasteiger partial charge in [0.15, 0.2) is 0 Å². The number of hydrogen-bond donors (Lipinski definition) is 1. The van der Waals surface area contributed by atoms with Crippen LogP contribution < -0.4 is 10.1 Å². The highest BCUT2D eigenvalue weighted by Crippen LogP contribution is 2.35. The molecule has 4 rings (SSSR count). The van der Waals surface area contributed by atoms with Gasteiger partial charge < -0.3 is 10.1 Å². The lowest BCUT2D eigenvalue weighted by molar-refractivity contribution is 0.357. The van der Waals surface area contributed by atoms with E-state index in [-0.39, 0.29) is 0 Å². The molecule has 0 amide bonds. The van der Waals surface area contributed by atoms with Gasteiger partial charge in [-0.15, -0.1) is 0 Å². The highest BCUT2D eigenvalue weighted by molar-refractivity contribution is 5.75. The van der Waals surface area contributed by atoms with Crippen LogP contribution >= 0.6 is 0 Å². The molecule has 2 aliphatic heterocycles. The number of anilines is 1. The summed E-state index contributed by atoms with van der Waals surface area (Å²) in [5, 5.41) is 3.50. The molecular weight excluding hydrogens is 234 g/mol. The van der Waals surface area contributed by atoms with Crippen molar-refractivity contribution in [3.8, 4) is 16.9 Å². The largest absolute Gasteiger partial charge is 0.493 e. The zero-order valence-electron chi connectivity index (χ0n) is 10.9. The zero-order chi connectivity index (χ0) is 12.7. The molecule has 2 heterocycles. The molecule has 2 aliphatic rings. The van der Waals surface area contributed by atoms with Gasteiger partial charge in [0, 0.05) is 18.7 Å². The molecule has 0 saturated carbocycles. The molecule has 2 aromatic rings. The van der Waals surface area contributed by atoms with E-state index < -0.39 is 0 Å². The molecule has 0 fully saturated rings. The number of nitrogens with one attached hydrogen (secondary N) is 1. The van der Waals surface area contributed by atoms with E-state index >= 15 is 0 Å². The summed E-state index contributed by atoms with van der Waals surface area (Å²) >= 11 is 0. The van der Waals surface area contributed by atoms with Crippen LogP contribution in [0.25, 0.3) is 11.1 Å². The van der Waals surface area contributed by atoms with Gasteiger partial charge >= 0.3 is 0 Å². The molecule has 0 saturated heterocycles. The van der Waals surface area contributed by atoms with E-state index in [2.05, 4.69) is 41.7 Å². The average molecular weight is 251 g/mol. The molecule has 2 nitrogen and oxygen atoms in total. The summed E-state index contributed by atoms with van der Waals surface area (Å²) in [6, 6.07) is 13.2. The molecule has 19 heavy (non-hydrogen) atoms. The van der Waals surface area contributed by atoms with Crippen LogP contribution in [0, 0.1) is 0 Å². The Balaban J connectivity index is 1.84. The van der Waals surface area contributed by atoms with Crippen molar-refractivity contribution in [3.05, 3.63) is 47.5 Å². The minimum absolute atomic E-state index is 0.827. The van der Waals surface area contributed by atoms with Crippen LogP contribution in [0.5, 0.6) is 5.75 Å². The Morgan fingerprint density at radius 1 is 1.05 bits per heavy atom. The summed E-state index contributed by atoms with van der Waals surface area (Å²) < 4.78 is 5.59. The quantitative estimate of drug-likeness (QED) is 0.835. The van der Waals surface area contributed by atoms with E-state index in [0.717, 1.165) is 25.3 Å². The lowest BCUT2D eigenvalue weighted by atomic mass is 9.92. The smallest absolute Gasteiger partial charge is 0.122 e. The maximum absolute atomic E-state index is 5.59. The second-order valence-electron chi connectivity index (χ2n) is 5.28. The second kappa shape index (κ2) is 4.30. The van der Waals surface area contributed by atoms with Crippen molar-refractivity contribution in [2.45, 2.75) is 19.3 Å². The van der Waals surface area contributed by atoms with Crippen LogP contribution in [-0.2, 0) is 12.8 Å². The Hall–Kier alpha value is -1.96. The van der Waals surface area contributed by atoms with Gasteiger partial charge in [0.25, 0.3) is 0 Å². The predicted octanol–water partition coefficient (Wildman–Crippen LogP) is 3.65. The lowest BCUT2D eigenvalue weighted by Crippen LogP contribution is -2.12. The summed E-state index contributed by atoms with van der Waals surface area (Å²) in [5.74, 6) is 1.06. The summed E-state index contributed by atoms with van der Waals surface area (Å²) in [5.41, 5.74) is 6.82. The Morgan fingerprint density at radius 3 is 3.05 bits per heavy atom. The standard InChI is InChI=1S/C17H17NO/c1-3-14(15-4-2-9-18-16(15)5-1)12-6-7-17-13(11-12)8-10-19-17/h1,3,5-7,11,18H,2,4,8-10H2. The summed E-state index contributed by atoms with van der Waals surface area (Å²) in [4.78, 5) is 0. The van der Waals surface area contributed by atoms with E-state index in [1.807, 2.05) is 0 Å². The molecule has 0 aromatic heterocycles. The van der Waals surface area contributed by atoms with E-state index in [1.54, 1.807) is 0 Å². The van der Waals surface area contributed by atoms with Crippen molar-refractivity contribution in [1.82, 2.24) is 0 Å². The summed E-state index contributed by atoms with van der Waals surface area (Å²) in [6.45, 7) is 1.92. The number of rotatable bonds is 1. The van der Waals surface area contributed by atoms with Crippen molar-refractivity contribution >= 4 is 5.69 Å². The van der Waals surface area contributed by atoms with Crippen molar-refractivity contribution in [2.24, 2.45) is 0 Å². The molecular formula is C17H17NO. The Labute approximate surface area is 113 Å². The maximum atomic E-state index is 5.59. The molecule has 96 valence electrons. The fraction of sp³-hybridized carbons (Fsp3) is 0.294. The highest BCUT2D eigenvalue weighted by Gasteiger charge is 2.16. The summed E-state index contributed by atoms with van der Waals surface area (Å²) in [7, 11) is 0. The minimum Gasteiger partial charge on any atom is -0.493 e. The predicted molar refractivity (Wildman–Crippen MR) is 77.9 cm³/mol. The fourth-order valence-corrected chi connectivity index (χ4v) is 3.13. The van der Waals surface area contributed by atoms with E-state index in [4.69, 9.17) is 4.74 Å². The number of ether oxygens (including phenoxy) is 1. The third kappa shape index (κ3) is 1.79. The third-order valence-electron chi connectivity index (χ3n) is 4.10. The lowest BCUT2D eigenvalue weighted by Gasteiger charge is -2.21. The molecule has 0 bridgehead atoms. The average Bonchev–Trinajstić information content (AvgIpc) is 2.94. The van der Waals surface area contributed by atoms with Crippen LogP contribution in [0.4, 0.5) is 5.69 Å². The molecule has 2 aromatic carbocycles. The van der Waals surface area contributed by atoms with Crippen LogP contribution in [-0.4, -0.2) is 13.2 Å². The summed E-state index contributed by atoms with van der Waals surface area (Å²) in [6.07, 6.45) is 3.43.